The van der Waals surface area contributed by atoms with Crippen molar-refractivity contribution in [3.05, 3.63) is 17.0 Å². The van der Waals surface area contributed by atoms with Crippen LogP contribution in [0, 0.1) is 0 Å². The molecule has 2 fully saturated rings. The predicted octanol–water partition coefficient (Wildman–Crippen LogP) is 2.91. The monoisotopic (exact) mass is 370 g/mol. The van der Waals surface area contributed by atoms with Crippen LogP contribution in [-0.2, 0) is 21.2 Å². The lowest BCUT2D eigenvalue weighted by molar-refractivity contribution is -0.129. The van der Waals surface area contributed by atoms with Gasteiger partial charge in [-0.1, -0.05) is 25.7 Å². The van der Waals surface area contributed by atoms with Crippen molar-refractivity contribution in [2.24, 2.45) is 0 Å². The SMILES string of the molecule is O=C(Cc1ccc(S(=O)(=O)NC2CCCCCC2)s1)N1CCCC1. The average molecular weight is 371 g/mol. The van der Waals surface area contributed by atoms with E-state index in [0.29, 0.717) is 10.6 Å². The average Bonchev–Trinajstić information content (AvgIpc) is 3.17. The number of thiophene rings is 1. The number of rotatable bonds is 5. The molecule has 5 nitrogen and oxygen atoms in total. The van der Waals surface area contributed by atoms with Crippen LogP contribution in [0.15, 0.2) is 16.3 Å². The van der Waals surface area contributed by atoms with Gasteiger partial charge in [0.1, 0.15) is 4.21 Å². The molecule has 3 rings (SSSR count). The van der Waals surface area contributed by atoms with Crippen molar-refractivity contribution in [3.63, 3.8) is 0 Å². The van der Waals surface area contributed by atoms with Gasteiger partial charge >= 0.3 is 0 Å². The Balaban J connectivity index is 1.61. The van der Waals surface area contributed by atoms with Gasteiger partial charge in [-0.25, -0.2) is 13.1 Å². The Bertz CT molecular complexity index is 655. The summed E-state index contributed by atoms with van der Waals surface area (Å²) < 4.78 is 28.3. The summed E-state index contributed by atoms with van der Waals surface area (Å²) in [6.07, 6.45) is 8.86. The third-order valence-corrected chi connectivity index (χ3v) is 7.96. The minimum absolute atomic E-state index is 0.0503. The number of likely N-dealkylation sites (tertiary alicyclic amines) is 1. The Morgan fingerprint density at radius 2 is 1.75 bits per heavy atom. The minimum atomic E-state index is -3.47. The first-order valence-corrected chi connectivity index (χ1v) is 11.2. The van der Waals surface area contributed by atoms with Gasteiger partial charge in [0.25, 0.3) is 0 Å². The van der Waals surface area contributed by atoms with E-state index in [1.807, 2.05) is 4.90 Å². The fourth-order valence-corrected chi connectivity index (χ4v) is 6.17. The fourth-order valence-electron chi connectivity index (χ4n) is 3.50. The van der Waals surface area contributed by atoms with Gasteiger partial charge in [-0.2, -0.15) is 0 Å². The molecule has 134 valence electrons. The van der Waals surface area contributed by atoms with E-state index in [9.17, 15) is 13.2 Å². The standard InChI is InChI=1S/C17H26N2O3S2/c20-16(19-11-5-6-12-19)13-15-9-10-17(23-15)24(21,22)18-14-7-3-1-2-4-8-14/h9-10,14,18H,1-8,11-13H2. The van der Waals surface area contributed by atoms with Crippen LogP contribution in [0.3, 0.4) is 0 Å². The molecule has 0 spiro atoms. The highest BCUT2D eigenvalue weighted by molar-refractivity contribution is 7.91. The molecule has 24 heavy (non-hydrogen) atoms. The second-order valence-electron chi connectivity index (χ2n) is 6.80. The second-order valence-corrected chi connectivity index (χ2v) is 9.90. The van der Waals surface area contributed by atoms with Crippen LogP contribution in [0.4, 0.5) is 0 Å². The summed E-state index contributed by atoms with van der Waals surface area (Å²) in [5, 5.41) is 0. The Labute approximate surface area is 148 Å². The third-order valence-electron chi connectivity index (χ3n) is 4.86. The van der Waals surface area contributed by atoms with Crippen molar-refractivity contribution in [1.29, 1.82) is 0 Å². The van der Waals surface area contributed by atoms with Gasteiger partial charge in [0, 0.05) is 24.0 Å². The van der Waals surface area contributed by atoms with E-state index in [-0.39, 0.29) is 11.9 Å². The Morgan fingerprint density at radius 3 is 2.42 bits per heavy atom. The first kappa shape index (κ1) is 17.9. The maximum absolute atomic E-state index is 12.6. The zero-order valence-corrected chi connectivity index (χ0v) is 15.6. The zero-order chi connectivity index (χ0) is 17.0. The number of sulfonamides is 1. The third kappa shape index (κ3) is 4.58. The van der Waals surface area contributed by atoms with Crippen LogP contribution in [0.25, 0.3) is 0 Å². The summed E-state index contributed by atoms with van der Waals surface area (Å²) in [6.45, 7) is 1.66. The van der Waals surface area contributed by atoms with E-state index in [2.05, 4.69) is 4.72 Å². The van der Waals surface area contributed by atoms with Gasteiger partial charge < -0.3 is 4.90 Å². The number of amides is 1. The molecule has 1 aromatic rings. The van der Waals surface area contributed by atoms with Crippen molar-refractivity contribution in [2.45, 2.75) is 68.0 Å². The minimum Gasteiger partial charge on any atom is -0.342 e. The molecule has 1 aliphatic carbocycles. The molecular formula is C17H26N2O3S2. The summed E-state index contributed by atoms with van der Waals surface area (Å²) in [6, 6.07) is 3.46. The number of carbonyl (C=O) groups excluding carboxylic acids is 1. The molecule has 1 saturated carbocycles. The maximum atomic E-state index is 12.6. The predicted molar refractivity (Wildman–Crippen MR) is 95.6 cm³/mol. The van der Waals surface area contributed by atoms with Crippen molar-refractivity contribution < 1.29 is 13.2 Å². The first-order valence-electron chi connectivity index (χ1n) is 8.93. The highest BCUT2D eigenvalue weighted by atomic mass is 32.2. The molecule has 1 saturated heterocycles. The first-order chi connectivity index (χ1) is 11.5. The van der Waals surface area contributed by atoms with Crippen molar-refractivity contribution in [1.82, 2.24) is 9.62 Å². The second kappa shape index (κ2) is 7.97. The van der Waals surface area contributed by atoms with Gasteiger partial charge in [0.15, 0.2) is 0 Å². The smallest absolute Gasteiger partial charge is 0.250 e. The Hall–Kier alpha value is -0.920. The molecular weight excluding hydrogens is 344 g/mol. The molecule has 0 bridgehead atoms. The van der Waals surface area contributed by atoms with Crippen molar-refractivity contribution in [2.75, 3.05) is 13.1 Å². The van der Waals surface area contributed by atoms with Crippen molar-refractivity contribution in [3.8, 4) is 0 Å². The molecule has 1 amide bonds. The van der Waals surface area contributed by atoms with Gasteiger partial charge in [-0.05, 0) is 37.8 Å². The molecule has 7 heteroatoms. The number of carbonyl (C=O) groups is 1. The van der Waals surface area contributed by atoms with Crippen molar-refractivity contribution >= 4 is 27.3 Å². The van der Waals surface area contributed by atoms with E-state index in [1.54, 1.807) is 12.1 Å². The molecule has 1 N–H and O–H groups in total. The van der Waals surface area contributed by atoms with E-state index in [0.717, 1.165) is 56.5 Å². The highest BCUT2D eigenvalue weighted by Gasteiger charge is 2.24. The molecule has 2 heterocycles. The lowest BCUT2D eigenvalue weighted by atomic mass is 10.1. The maximum Gasteiger partial charge on any atom is 0.250 e. The van der Waals surface area contributed by atoms with Gasteiger partial charge in [-0.3, -0.25) is 4.79 Å². The van der Waals surface area contributed by atoms with Crippen LogP contribution in [0.1, 0.15) is 56.2 Å². The van der Waals surface area contributed by atoms with Crippen LogP contribution in [-0.4, -0.2) is 38.4 Å². The lowest BCUT2D eigenvalue weighted by Crippen LogP contribution is -2.33. The summed E-state index contributed by atoms with van der Waals surface area (Å²) in [7, 11) is -3.47. The number of nitrogens with one attached hydrogen (secondary N) is 1. The normalized spacial score (nSPS) is 20.2. The largest absolute Gasteiger partial charge is 0.342 e. The molecule has 0 radical (unpaired) electrons. The summed E-state index contributed by atoms with van der Waals surface area (Å²) >= 11 is 1.22. The molecule has 1 aliphatic heterocycles. The Kier molecular flexibility index (Phi) is 5.94. The van der Waals surface area contributed by atoms with E-state index in [1.165, 1.54) is 24.2 Å². The van der Waals surface area contributed by atoms with Crippen LogP contribution < -0.4 is 4.72 Å². The fraction of sp³-hybridized carbons (Fsp3) is 0.706. The quantitative estimate of drug-likeness (QED) is 0.811. The van der Waals surface area contributed by atoms with Gasteiger partial charge in [0.05, 0.1) is 6.42 Å². The number of hydrogen-bond donors (Lipinski definition) is 1. The highest BCUT2D eigenvalue weighted by Crippen LogP contribution is 2.25. The summed E-state index contributed by atoms with van der Waals surface area (Å²) in [5.41, 5.74) is 0. The molecule has 0 aromatic carbocycles. The van der Waals surface area contributed by atoms with Crippen LogP contribution in [0.2, 0.25) is 0 Å². The summed E-state index contributed by atoms with van der Waals surface area (Å²) in [4.78, 5) is 14.9. The zero-order valence-electron chi connectivity index (χ0n) is 14.0. The molecule has 2 aliphatic rings. The van der Waals surface area contributed by atoms with Crippen LogP contribution >= 0.6 is 11.3 Å². The Morgan fingerprint density at radius 1 is 1.08 bits per heavy atom. The van der Waals surface area contributed by atoms with E-state index >= 15 is 0 Å². The van der Waals surface area contributed by atoms with E-state index < -0.39 is 10.0 Å². The number of nitrogens with zero attached hydrogens (tertiary/aromatic N) is 1. The number of hydrogen-bond acceptors (Lipinski definition) is 4. The summed E-state index contributed by atoms with van der Waals surface area (Å²) in [5.74, 6) is 0.107. The van der Waals surface area contributed by atoms with Gasteiger partial charge in [0.2, 0.25) is 15.9 Å². The molecule has 1 aromatic heterocycles. The lowest BCUT2D eigenvalue weighted by Gasteiger charge is -2.15. The molecule has 0 unspecified atom stereocenters. The van der Waals surface area contributed by atoms with E-state index in [4.69, 9.17) is 0 Å². The molecule has 0 atom stereocenters. The topological polar surface area (TPSA) is 66.5 Å². The van der Waals surface area contributed by atoms with Crippen LogP contribution in [0.5, 0.6) is 0 Å². The van der Waals surface area contributed by atoms with Gasteiger partial charge in [-0.15, -0.1) is 11.3 Å².